The Hall–Kier alpha value is -2.97. The molecule has 0 bridgehead atoms. The van der Waals surface area contributed by atoms with Crippen LogP contribution in [0.3, 0.4) is 0 Å². The molecule has 0 unspecified atom stereocenters. The Bertz CT molecular complexity index is 797. The maximum Gasteiger partial charge on any atom is 0.317 e. The molecule has 2 aromatic rings. The van der Waals surface area contributed by atoms with Crippen molar-refractivity contribution in [3.05, 3.63) is 54.4 Å². The summed E-state index contributed by atoms with van der Waals surface area (Å²) >= 11 is 0. The van der Waals surface area contributed by atoms with E-state index in [0.717, 1.165) is 0 Å². The highest BCUT2D eigenvalue weighted by atomic mass is 16.5. The number of pyridine rings is 1. The Morgan fingerprint density at radius 1 is 1.29 bits per heavy atom. The summed E-state index contributed by atoms with van der Waals surface area (Å²) in [6.45, 7) is 1.75. The molecule has 0 radical (unpaired) electrons. The second kappa shape index (κ2) is 9.29. The van der Waals surface area contributed by atoms with Crippen molar-refractivity contribution in [2.24, 2.45) is 0 Å². The van der Waals surface area contributed by atoms with Crippen LogP contribution in [-0.4, -0.2) is 77.7 Å². The fraction of sp³-hybridized carbons (Fsp3) is 0.350. The number of carboxylic acid groups (broad SMARTS) is 1. The number of benzene rings is 1. The quantitative estimate of drug-likeness (QED) is 0.776. The Morgan fingerprint density at radius 3 is 2.75 bits per heavy atom. The van der Waals surface area contributed by atoms with Crippen LogP contribution in [0.25, 0.3) is 0 Å². The second-order valence-electron chi connectivity index (χ2n) is 6.65. The standard InChI is InChI=1S/C20H23N3O5/c1-22(14-19(24)25)12-18-13-23(9-10-27-18)20(26)15-4-6-16(7-5-15)28-17-3-2-8-21-11-17/h2-8,11,18H,9-10,12-14H2,1H3,(H,24,25)/t18-/m1/s1. The van der Waals surface area contributed by atoms with Crippen molar-refractivity contribution in [1.29, 1.82) is 0 Å². The summed E-state index contributed by atoms with van der Waals surface area (Å²) in [5.74, 6) is 0.282. The van der Waals surface area contributed by atoms with Gasteiger partial charge in [0.1, 0.15) is 11.5 Å². The van der Waals surface area contributed by atoms with Crippen LogP contribution < -0.4 is 4.74 Å². The van der Waals surface area contributed by atoms with E-state index in [1.807, 2.05) is 0 Å². The molecule has 1 aromatic carbocycles. The van der Waals surface area contributed by atoms with E-state index >= 15 is 0 Å². The zero-order valence-electron chi connectivity index (χ0n) is 15.7. The van der Waals surface area contributed by atoms with Gasteiger partial charge in [-0.2, -0.15) is 0 Å². The van der Waals surface area contributed by atoms with Gasteiger partial charge in [-0.3, -0.25) is 19.5 Å². The summed E-state index contributed by atoms with van der Waals surface area (Å²) in [4.78, 5) is 31.0. The summed E-state index contributed by atoms with van der Waals surface area (Å²) in [5.41, 5.74) is 0.568. The minimum atomic E-state index is -0.889. The minimum absolute atomic E-state index is 0.0633. The molecule has 1 N–H and O–H groups in total. The van der Waals surface area contributed by atoms with E-state index in [1.165, 1.54) is 0 Å². The summed E-state index contributed by atoms with van der Waals surface area (Å²) < 4.78 is 11.4. The lowest BCUT2D eigenvalue weighted by Crippen LogP contribution is -2.49. The van der Waals surface area contributed by atoms with Gasteiger partial charge in [0, 0.05) is 31.4 Å². The zero-order chi connectivity index (χ0) is 19.9. The number of carbonyl (C=O) groups excluding carboxylic acids is 1. The fourth-order valence-electron chi connectivity index (χ4n) is 3.05. The highest BCUT2D eigenvalue weighted by molar-refractivity contribution is 5.94. The number of carboxylic acids is 1. The van der Waals surface area contributed by atoms with Crippen molar-refractivity contribution in [3.63, 3.8) is 0 Å². The molecule has 28 heavy (non-hydrogen) atoms. The van der Waals surface area contributed by atoms with E-state index in [2.05, 4.69) is 4.98 Å². The maximum absolute atomic E-state index is 12.8. The van der Waals surface area contributed by atoms with Gasteiger partial charge in [0.2, 0.25) is 0 Å². The van der Waals surface area contributed by atoms with Gasteiger partial charge >= 0.3 is 5.97 Å². The molecule has 148 valence electrons. The highest BCUT2D eigenvalue weighted by Gasteiger charge is 2.26. The molecule has 1 aromatic heterocycles. The molecule has 0 aliphatic carbocycles. The molecule has 1 fully saturated rings. The first-order chi connectivity index (χ1) is 13.5. The molecule has 0 spiro atoms. The Kier molecular flexibility index (Phi) is 6.57. The Morgan fingerprint density at radius 2 is 2.07 bits per heavy atom. The van der Waals surface area contributed by atoms with Crippen LogP contribution in [0, 0.1) is 0 Å². The molecule has 1 saturated heterocycles. The number of hydrogen-bond acceptors (Lipinski definition) is 6. The van der Waals surface area contributed by atoms with Crippen LogP contribution >= 0.6 is 0 Å². The zero-order valence-corrected chi connectivity index (χ0v) is 15.7. The molecule has 1 aliphatic heterocycles. The molecule has 1 amide bonds. The monoisotopic (exact) mass is 385 g/mol. The van der Waals surface area contributed by atoms with Crippen molar-refractivity contribution < 1.29 is 24.2 Å². The third-order valence-corrected chi connectivity index (χ3v) is 4.32. The number of carbonyl (C=O) groups is 2. The Balaban J connectivity index is 1.57. The van der Waals surface area contributed by atoms with Gasteiger partial charge in [0.05, 0.1) is 25.5 Å². The van der Waals surface area contributed by atoms with Gasteiger partial charge in [0.15, 0.2) is 0 Å². The fourth-order valence-corrected chi connectivity index (χ4v) is 3.05. The summed E-state index contributed by atoms with van der Waals surface area (Å²) in [6.07, 6.45) is 3.08. The van der Waals surface area contributed by atoms with E-state index in [9.17, 15) is 9.59 Å². The third kappa shape index (κ3) is 5.51. The van der Waals surface area contributed by atoms with Crippen LogP contribution in [0.2, 0.25) is 0 Å². The number of aliphatic carboxylic acids is 1. The molecule has 8 nitrogen and oxygen atoms in total. The molecular weight excluding hydrogens is 362 g/mol. The number of likely N-dealkylation sites (N-methyl/N-ethyl adjacent to an activating group) is 1. The predicted molar refractivity (Wildman–Crippen MR) is 102 cm³/mol. The molecule has 1 atom stereocenters. The highest BCUT2D eigenvalue weighted by Crippen LogP contribution is 2.21. The maximum atomic E-state index is 12.8. The summed E-state index contributed by atoms with van der Waals surface area (Å²) in [6, 6.07) is 10.6. The van der Waals surface area contributed by atoms with Crippen LogP contribution in [0.1, 0.15) is 10.4 Å². The van der Waals surface area contributed by atoms with Gasteiger partial charge in [-0.15, -0.1) is 0 Å². The first-order valence-corrected chi connectivity index (χ1v) is 9.00. The lowest BCUT2D eigenvalue weighted by molar-refractivity contribution is -0.138. The van der Waals surface area contributed by atoms with Crippen LogP contribution in [-0.2, 0) is 9.53 Å². The van der Waals surface area contributed by atoms with Gasteiger partial charge in [-0.25, -0.2) is 0 Å². The number of rotatable bonds is 7. The van der Waals surface area contributed by atoms with Crippen LogP contribution in [0.15, 0.2) is 48.8 Å². The largest absolute Gasteiger partial charge is 0.480 e. The summed E-state index contributed by atoms with van der Waals surface area (Å²) in [7, 11) is 1.72. The molecule has 3 rings (SSSR count). The minimum Gasteiger partial charge on any atom is -0.480 e. The van der Waals surface area contributed by atoms with E-state index in [1.54, 1.807) is 65.6 Å². The molecule has 8 heteroatoms. The van der Waals surface area contributed by atoms with Gasteiger partial charge in [-0.05, 0) is 43.4 Å². The number of hydrogen-bond donors (Lipinski definition) is 1. The van der Waals surface area contributed by atoms with Gasteiger partial charge in [-0.1, -0.05) is 0 Å². The van der Waals surface area contributed by atoms with Crippen molar-refractivity contribution in [2.75, 3.05) is 39.8 Å². The topological polar surface area (TPSA) is 92.2 Å². The number of nitrogens with zero attached hydrogens (tertiary/aromatic N) is 3. The molecule has 0 saturated carbocycles. The first-order valence-electron chi connectivity index (χ1n) is 9.00. The third-order valence-electron chi connectivity index (χ3n) is 4.32. The van der Waals surface area contributed by atoms with Crippen molar-refractivity contribution in [3.8, 4) is 11.5 Å². The van der Waals surface area contributed by atoms with E-state index in [0.29, 0.717) is 43.3 Å². The van der Waals surface area contributed by atoms with Gasteiger partial charge < -0.3 is 19.5 Å². The second-order valence-corrected chi connectivity index (χ2v) is 6.65. The van der Waals surface area contributed by atoms with E-state index in [-0.39, 0.29) is 18.6 Å². The normalized spacial score (nSPS) is 16.8. The lowest BCUT2D eigenvalue weighted by Gasteiger charge is -2.34. The summed E-state index contributed by atoms with van der Waals surface area (Å²) in [5, 5.41) is 8.86. The average molecular weight is 385 g/mol. The van der Waals surface area contributed by atoms with Crippen LogP contribution in [0.5, 0.6) is 11.5 Å². The van der Waals surface area contributed by atoms with Crippen LogP contribution in [0.4, 0.5) is 0 Å². The predicted octanol–water partition coefficient (Wildman–Crippen LogP) is 1.73. The SMILES string of the molecule is CN(CC(=O)O)C[C@@H]1CN(C(=O)c2ccc(Oc3cccnc3)cc2)CCO1. The van der Waals surface area contributed by atoms with Crippen molar-refractivity contribution in [1.82, 2.24) is 14.8 Å². The smallest absolute Gasteiger partial charge is 0.317 e. The Labute approximate surface area is 163 Å². The van der Waals surface area contributed by atoms with Crippen molar-refractivity contribution >= 4 is 11.9 Å². The lowest BCUT2D eigenvalue weighted by atomic mass is 10.1. The first kappa shape index (κ1) is 19.8. The van der Waals surface area contributed by atoms with E-state index < -0.39 is 5.97 Å². The average Bonchev–Trinajstić information content (AvgIpc) is 2.68. The number of morpholine rings is 1. The van der Waals surface area contributed by atoms with Crippen molar-refractivity contribution in [2.45, 2.75) is 6.10 Å². The number of aromatic nitrogens is 1. The number of amides is 1. The van der Waals surface area contributed by atoms with Gasteiger partial charge in [0.25, 0.3) is 5.91 Å². The molecule has 2 heterocycles. The molecule has 1 aliphatic rings. The number of ether oxygens (including phenoxy) is 2. The van der Waals surface area contributed by atoms with E-state index in [4.69, 9.17) is 14.6 Å². The molecular formula is C20H23N3O5.